The lowest BCUT2D eigenvalue weighted by Crippen LogP contribution is -2.15. The lowest BCUT2D eigenvalue weighted by Gasteiger charge is -2.25. The van der Waals surface area contributed by atoms with E-state index in [9.17, 15) is 9.90 Å². The Bertz CT molecular complexity index is 654. The molecule has 0 aliphatic heterocycles. The monoisotopic (exact) mass is 286 g/mol. The van der Waals surface area contributed by atoms with Crippen LogP contribution in [0.1, 0.15) is 67.7 Å². The van der Waals surface area contributed by atoms with Crippen molar-refractivity contribution in [3.8, 4) is 0 Å². The van der Waals surface area contributed by atoms with Gasteiger partial charge in [-0.05, 0) is 37.5 Å². The van der Waals surface area contributed by atoms with Crippen molar-refractivity contribution < 1.29 is 9.90 Å². The summed E-state index contributed by atoms with van der Waals surface area (Å²) < 4.78 is 2.32. The maximum atomic E-state index is 11.2. The Hall–Kier alpha value is -1.84. The van der Waals surface area contributed by atoms with E-state index in [4.69, 9.17) is 4.98 Å². The summed E-state index contributed by atoms with van der Waals surface area (Å²) >= 11 is 0. The van der Waals surface area contributed by atoms with Crippen LogP contribution in [0.2, 0.25) is 0 Å². The molecule has 0 bridgehead atoms. The minimum Gasteiger partial charge on any atom is -0.478 e. The van der Waals surface area contributed by atoms with E-state index in [1.54, 1.807) is 12.1 Å². The van der Waals surface area contributed by atoms with Gasteiger partial charge < -0.3 is 9.67 Å². The van der Waals surface area contributed by atoms with E-state index in [0.29, 0.717) is 11.6 Å². The van der Waals surface area contributed by atoms with Gasteiger partial charge in [0.1, 0.15) is 5.82 Å². The Morgan fingerprint density at radius 1 is 1.33 bits per heavy atom. The number of nitrogens with zero attached hydrogens (tertiary/aromatic N) is 2. The van der Waals surface area contributed by atoms with E-state index in [-0.39, 0.29) is 0 Å². The zero-order chi connectivity index (χ0) is 14.8. The largest absolute Gasteiger partial charge is 0.478 e. The molecule has 3 rings (SSSR count). The molecule has 0 spiro atoms. The molecule has 21 heavy (non-hydrogen) atoms. The highest BCUT2D eigenvalue weighted by molar-refractivity contribution is 5.92. The van der Waals surface area contributed by atoms with E-state index < -0.39 is 5.97 Å². The zero-order valence-corrected chi connectivity index (χ0v) is 12.5. The van der Waals surface area contributed by atoms with Crippen molar-refractivity contribution in [2.75, 3.05) is 0 Å². The topological polar surface area (TPSA) is 55.1 Å². The van der Waals surface area contributed by atoms with Crippen LogP contribution in [0.3, 0.4) is 0 Å². The van der Waals surface area contributed by atoms with Gasteiger partial charge in [-0.15, -0.1) is 0 Å². The summed E-state index contributed by atoms with van der Waals surface area (Å²) in [5.41, 5.74) is 2.27. The van der Waals surface area contributed by atoms with Crippen LogP contribution in [0, 0.1) is 0 Å². The number of aromatic nitrogens is 2. The van der Waals surface area contributed by atoms with Crippen molar-refractivity contribution in [2.24, 2.45) is 0 Å². The minimum atomic E-state index is -0.870. The van der Waals surface area contributed by atoms with Gasteiger partial charge in [0, 0.05) is 12.5 Å². The third kappa shape index (κ3) is 2.67. The molecule has 1 N–H and O–H groups in total. The lowest BCUT2D eigenvalue weighted by molar-refractivity contribution is 0.0697. The Balaban J connectivity index is 2.13. The number of carboxylic acids is 1. The summed E-state index contributed by atoms with van der Waals surface area (Å²) in [4.78, 5) is 16.0. The van der Waals surface area contributed by atoms with E-state index >= 15 is 0 Å². The number of hydrogen-bond donors (Lipinski definition) is 1. The number of aryl methyl sites for hydroxylation is 1. The summed E-state index contributed by atoms with van der Waals surface area (Å²) in [5, 5.41) is 9.23. The maximum absolute atomic E-state index is 11.2. The molecule has 2 aromatic rings. The smallest absolute Gasteiger partial charge is 0.335 e. The van der Waals surface area contributed by atoms with Crippen LogP contribution in [-0.2, 0) is 6.42 Å². The molecule has 1 saturated carbocycles. The molecule has 0 radical (unpaired) electrons. The van der Waals surface area contributed by atoms with Gasteiger partial charge in [-0.1, -0.05) is 26.2 Å². The van der Waals surface area contributed by atoms with Gasteiger partial charge in [-0.25, -0.2) is 9.78 Å². The average molecular weight is 286 g/mol. The molecule has 4 heteroatoms. The summed E-state index contributed by atoms with van der Waals surface area (Å²) in [5.74, 6) is 0.243. The molecule has 1 fully saturated rings. The van der Waals surface area contributed by atoms with Gasteiger partial charge in [0.2, 0.25) is 0 Å². The number of carbonyl (C=O) groups is 1. The Kier molecular flexibility index (Phi) is 3.95. The van der Waals surface area contributed by atoms with Crippen molar-refractivity contribution in [1.29, 1.82) is 0 Å². The van der Waals surface area contributed by atoms with Crippen LogP contribution < -0.4 is 0 Å². The van der Waals surface area contributed by atoms with Gasteiger partial charge in [0.05, 0.1) is 16.6 Å². The normalized spacial score (nSPS) is 16.4. The second kappa shape index (κ2) is 5.88. The van der Waals surface area contributed by atoms with E-state index in [0.717, 1.165) is 29.7 Å². The van der Waals surface area contributed by atoms with E-state index in [1.807, 2.05) is 6.07 Å². The van der Waals surface area contributed by atoms with Crippen molar-refractivity contribution in [2.45, 2.75) is 57.9 Å². The number of aromatic carboxylic acids is 1. The number of hydrogen-bond acceptors (Lipinski definition) is 2. The van der Waals surface area contributed by atoms with Crippen molar-refractivity contribution >= 4 is 17.0 Å². The molecule has 1 aliphatic carbocycles. The van der Waals surface area contributed by atoms with Crippen LogP contribution in [0.15, 0.2) is 18.2 Å². The first-order valence-electron chi connectivity index (χ1n) is 7.95. The highest BCUT2D eigenvalue weighted by Crippen LogP contribution is 2.33. The zero-order valence-electron chi connectivity index (χ0n) is 12.5. The predicted molar refractivity (Wildman–Crippen MR) is 82.8 cm³/mol. The number of benzene rings is 1. The van der Waals surface area contributed by atoms with Gasteiger partial charge in [0.25, 0.3) is 0 Å². The molecular formula is C17H22N2O2. The first kappa shape index (κ1) is 14.1. The molecule has 0 atom stereocenters. The van der Waals surface area contributed by atoms with Gasteiger partial charge in [-0.3, -0.25) is 0 Å². The second-order valence-electron chi connectivity index (χ2n) is 5.95. The second-order valence-corrected chi connectivity index (χ2v) is 5.95. The molecule has 1 aromatic carbocycles. The molecule has 0 unspecified atom stereocenters. The molecule has 112 valence electrons. The fourth-order valence-corrected chi connectivity index (χ4v) is 3.42. The highest BCUT2D eigenvalue weighted by atomic mass is 16.4. The third-order valence-corrected chi connectivity index (χ3v) is 4.42. The van der Waals surface area contributed by atoms with Crippen LogP contribution >= 0.6 is 0 Å². The SMILES string of the molecule is CCCc1nc2ccc(C(=O)O)cc2n1C1CCCCC1. The fourth-order valence-electron chi connectivity index (χ4n) is 3.42. The summed E-state index contributed by atoms with van der Waals surface area (Å²) in [6, 6.07) is 5.77. The number of fused-ring (bicyclic) bond motifs is 1. The molecule has 1 aliphatic rings. The van der Waals surface area contributed by atoms with Gasteiger partial charge in [0.15, 0.2) is 0 Å². The molecule has 0 saturated heterocycles. The summed E-state index contributed by atoms with van der Waals surface area (Å²) in [7, 11) is 0. The van der Waals surface area contributed by atoms with E-state index in [1.165, 1.54) is 32.1 Å². The molecule has 1 heterocycles. The summed E-state index contributed by atoms with van der Waals surface area (Å²) in [6.07, 6.45) is 8.20. The molecule has 0 amide bonds. The van der Waals surface area contributed by atoms with Gasteiger partial charge >= 0.3 is 5.97 Å². The van der Waals surface area contributed by atoms with Crippen LogP contribution in [-0.4, -0.2) is 20.6 Å². The quantitative estimate of drug-likeness (QED) is 0.916. The van der Waals surface area contributed by atoms with Crippen molar-refractivity contribution in [3.63, 3.8) is 0 Å². The molecular weight excluding hydrogens is 264 g/mol. The minimum absolute atomic E-state index is 0.350. The third-order valence-electron chi connectivity index (χ3n) is 4.42. The summed E-state index contributed by atoms with van der Waals surface area (Å²) in [6.45, 7) is 2.16. The Morgan fingerprint density at radius 2 is 2.10 bits per heavy atom. The lowest BCUT2D eigenvalue weighted by atomic mass is 9.95. The van der Waals surface area contributed by atoms with Crippen LogP contribution in [0.25, 0.3) is 11.0 Å². The Labute approximate surface area is 124 Å². The fraction of sp³-hybridized carbons (Fsp3) is 0.529. The standard InChI is InChI=1S/C17H22N2O2/c1-2-6-16-18-14-10-9-12(17(20)21)11-15(14)19(16)13-7-4-3-5-8-13/h9-11,13H,2-8H2,1H3,(H,20,21). The molecule has 4 nitrogen and oxygen atoms in total. The van der Waals surface area contributed by atoms with Crippen LogP contribution in [0.5, 0.6) is 0 Å². The molecule has 1 aromatic heterocycles. The number of rotatable bonds is 4. The highest BCUT2D eigenvalue weighted by Gasteiger charge is 2.21. The Morgan fingerprint density at radius 3 is 2.76 bits per heavy atom. The van der Waals surface area contributed by atoms with Crippen LogP contribution in [0.4, 0.5) is 0 Å². The first-order chi connectivity index (χ1) is 10.2. The van der Waals surface area contributed by atoms with Crippen molar-refractivity contribution in [1.82, 2.24) is 9.55 Å². The van der Waals surface area contributed by atoms with E-state index in [2.05, 4.69) is 11.5 Å². The number of imidazole rings is 1. The van der Waals surface area contributed by atoms with Crippen molar-refractivity contribution in [3.05, 3.63) is 29.6 Å². The average Bonchev–Trinajstić information content (AvgIpc) is 2.85. The first-order valence-corrected chi connectivity index (χ1v) is 7.95. The van der Waals surface area contributed by atoms with Gasteiger partial charge in [-0.2, -0.15) is 0 Å². The predicted octanol–water partition coefficient (Wildman–Crippen LogP) is 4.19. The number of carboxylic acid groups (broad SMARTS) is 1. The maximum Gasteiger partial charge on any atom is 0.335 e.